The Labute approximate surface area is 176 Å². The number of aromatic nitrogens is 2. The van der Waals surface area contributed by atoms with Crippen LogP contribution in [0.1, 0.15) is 37.7 Å². The molecule has 0 saturated heterocycles. The Kier molecular flexibility index (Phi) is 5.17. The molecule has 1 aromatic carbocycles. The van der Waals surface area contributed by atoms with E-state index in [1.54, 1.807) is 38.2 Å². The van der Waals surface area contributed by atoms with Gasteiger partial charge in [-0.05, 0) is 43.7 Å². The third-order valence-electron chi connectivity index (χ3n) is 4.90. The number of benzene rings is 1. The number of carbonyl (C=O) groups is 2. The number of ketones is 1. The number of nitrogens with zero attached hydrogens (tertiary/aromatic N) is 3. The lowest BCUT2D eigenvalue weighted by Gasteiger charge is -2.26. The maximum absolute atomic E-state index is 13.5. The van der Waals surface area contributed by atoms with Gasteiger partial charge < -0.3 is 10.0 Å². The van der Waals surface area contributed by atoms with E-state index in [2.05, 4.69) is 9.97 Å². The Morgan fingerprint density at radius 2 is 1.93 bits per heavy atom. The summed E-state index contributed by atoms with van der Waals surface area (Å²) in [6, 6.07) is 9.98. The van der Waals surface area contributed by atoms with Crippen molar-refractivity contribution in [2.24, 2.45) is 0 Å². The Morgan fingerprint density at radius 3 is 2.53 bits per heavy atom. The van der Waals surface area contributed by atoms with Gasteiger partial charge in [-0.3, -0.25) is 14.6 Å². The molecule has 0 radical (unpaired) electrons. The molecule has 8 heteroatoms. The van der Waals surface area contributed by atoms with Crippen LogP contribution in [-0.4, -0.2) is 31.7 Å². The lowest BCUT2D eigenvalue weighted by molar-refractivity contribution is -0.130. The molecule has 0 bridgehead atoms. The predicted molar refractivity (Wildman–Crippen MR) is 110 cm³/mol. The number of amides is 1. The van der Waals surface area contributed by atoms with Gasteiger partial charge in [0.1, 0.15) is 5.82 Å². The monoisotopic (exact) mass is 423 g/mol. The van der Waals surface area contributed by atoms with Crippen LogP contribution in [0.3, 0.4) is 0 Å². The second-order valence-electron chi connectivity index (χ2n) is 6.95. The minimum Gasteiger partial charge on any atom is -0.503 e. The van der Waals surface area contributed by atoms with E-state index in [1.807, 2.05) is 0 Å². The summed E-state index contributed by atoms with van der Waals surface area (Å²) in [7, 11) is 0. The van der Waals surface area contributed by atoms with Crippen LogP contribution in [0.4, 0.5) is 4.39 Å². The summed E-state index contributed by atoms with van der Waals surface area (Å²) in [6.45, 7) is 3.58. The maximum atomic E-state index is 13.5. The van der Waals surface area contributed by atoms with Crippen molar-refractivity contribution in [3.8, 4) is 0 Å². The lowest BCUT2D eigenvalue weighted by Crippen LogP contribution is -2.31. The summed E-state index contributed by atoms with van der Waals surface area (Å²) in [4.78, 5) is 36.6. The standard InChI is InChI=1S/C22H18FN3O3S/c1-12-21(30-13(2)25-12)19(27)17-18(14-6-8-15(23)9-7-14)26(22(29)20(17)28)11-16-5-3-4-10-24-16/h3-10,18,28H,11H2,1-2H3. The zero-order valence-corrected chi connectivity index (χ0v) is 17.1. The summed E-state index contributed by atoms with van der Waals surface area (Å²) in [5.74, 6) is -2.16. The van der Waals surface area contributed by atoms with Gasteiger partial charge in [-0.2, -0.15) is 0 Å². The highest BCUT2D eigenvalue weighted by Crippen LogP contribution is 2.40. The van der Waals surface area contributed by atoms with E-state index in [1.165, 1.54) is 40.5 Å². The average Bonchev–Trinajstić information content (AvgIpc) is 3.20. The lowest BCUT2D eigenvalue weighted by atomic mass is 9.95. The smallest absolute Gasteiger partial charge is 0.290 e. The van der Waals surface area contributed by atoms with E-state index < -0.39 is 29.3 Å². The van der Waals surface area contributed by atoms with E-state index in [0.717, 1.165) is 0 Å². The van der Waals surface area contributed by atoms with Crippen LogP contribution in [0.5, 0.6) is 0 Å². The second kappa shape index (κ2) is 7.79. The highest BCUT2D eigenvalue weighted by Gasteiger charge is 2.44. The molecule has 0 spiro atoms. The topological polar surface area (TPSA) is 83.4 Å². The average molecular weight is 423 g/mol. The van der Waals surface area contributed by atoms with Crippen LogP contribution in [-0.2, 0) is 11.3 Å². The van der Waals surface area contributed by atoms with Gasteiger partial charge >= 0.3 is 0 Å². The number of hydrogen-bond acceptors (Lipinski definition) is 6. The van der Waals surface area contributed by atoms with Gasteiger partial charge in [0.25, 0.3) is 5.91 Å². The van der Waals surface area contributed by atoms with Crippen molar-refractivity contribution < 1.29 is 19.1 Å². The van der Waals surface area contributed by atoms with Crippen LogP contribution in [0, 0.1) is 19.7 Å². The first-order valence-electron chi connectivity index (χ1n) is 9.25. The van der Waals surface area contributed by atoms with E-state index >= 15 is 0 Å². The Hall–Kier alpha value is -3.39. The molecular weight excluding hydrogens is 405 g/mol. The van der Waals surface area contributed by atoms with Crippen molar-refractivity contribution in [1.29, 1.82) is 0 Å². The number of thiazole rings is 1. The van der Waals surface area contributed by atoms with Gasteiger partial charge in [-0.25, -0.2) is 9.37 Å². The van der Waals surface area contributed by atoms with Crippen LogP contribution >= 0.6 is 11.3 Å². The van der Waals surface area contributed by atoms with Crippen LogP contribution < -0.4 is 0 Å². The van der Waals surface area contributed by atoms with E-state index in [9.17, 15) is 19.1 Å². The number of halogens is 1. The highest BCUT2D eigenvalue weighted by atomic mass is 32.1. The first kappa shape index (κ1) is 19.9. The maximum Gasteiger partial charge on any atom is 0.290 e. The fraction of sp³-hybridized carbons (Fsp3) is 0.182. The quantitative estimate of drug-likeness (QED) is 0.626. The zero-order valence-electron chi connectivity index (χ0n) is 16.3. The van der Waals surface area contributed by atoms with E-state index in [-0.39, 0.29) is 12.1 Å². The number of carbonyl (C=O) groups excluding carboxylic acids is 2. The molecule has 0 saturated carbocycles. The molecule has 0 fully saturated rings. The fourth-order valence-electron chi connectivity index (χ4n) is 3.57. The van der Waals surface area contributed by atoms with Gasteiger partial charge in [-0.1, -0.05) is 18.2 Å². The third-order valence-corrected chi connectivity index (χ3v) is 5.97. The van der Waals surface area contributed by atoms with Gasteiger partial charge in [0.15, 0.2) is 5.76 Å². The van der Waals surface area contributed by atoms with Gasteiger partial charge in [0, 0.05) is 6.20 Å². The van der Waals surface area contributed by atoms with Crippen molar-refractivity contribution >= 4 is 23.0 Å². The molecule has 152 valence electrons. The summed E-state index contributed by atoms with van der Waals surface area (Å²) >= 11 is 1.21. The SMILES string of the molecule is Cc1nc(C)c(C(=O)C2=C(O)C(=O)N(Cc3ccccn3)C2c2ccc(F)cc2)s1. The third kappa shape index (κ3) is 3.50. The fourth-order valence-corrected chi connectivity index (χ4v) is 4.44. The molecule has 1 unspecified atom stereocenters. The summed E-state index contributed by atoms with van der Waals surface area (Å²) in [5, 5.41) is 11.4. The number of aryl methyl sites for hydroxylation is 2. The molecule has 1 aliphatic rings. The summed E-state index contributed by atoms with van der Waals surface area (Å²) < 4.78 is 13.5. The first-order valence-corrected chi connectivity index (χ1v) is 10.1. The Bertz CT molecular complexity index is 1160. The molecule has 30 heavy (non-hydrogen) atoms. The van der Waals surface area contributed by atoms with Crippen LogP contribution in [0.15, 0.2) is 60.0 Å². The van der Waals surface area contributed by atoms with Crippen molar-refractivity contribution in [2.75, 3.05) is 0 Å². The summed E-state index contributed by atoms with van der Waals surface area (Å²) in [5.41, 5.74) is 1.63. The molecule has 1 atom stereocenters. The number of hydrogen-bond donors (Lipinski definition) is 1. The van der Waals surface area contributed by atoms with E-state index in [4.69, 9.17) is 0 Å². The molecule has 2 aromatic heterocycles. The number of Topliss-reactive ketones (excluding diaryl/α,β-unsaturated/α-hetero) is 1. The Morgan fingerprint density at radius 1 is 1.20 bits per heavy atom. The number of aliphatic hydroxyl groups is 1. The highest BCUT2D eigenvalue weighted by molar-refractivity contribution is 7.14. The van der Waals surface area contributed by atoms with Crippen molar-refractivity contribution in [1.82, 2.24) is 14.9 Å². The number of rotatable bonds is 5. The molecule has 3 aromatic rings. The first-order chi connectivity index (χ1) is 14.4. The van der Waals surface area contributed by atoms with Gasteiger partial charge in [0.05, 0.1) is 39.4 Å². The minimum absolute atomic E-state index is 0.0331. The van der Waals surface area contributed by atoms with Gasteiger partial charge in [0.2, 0.25) is 5.78 Å². The van der Waals surface area contributed by atoms with Crippen molar-refractivity contribution in [3.05, 3.63) is 92.6 Å². The normalized spacial score (nSPS) is 16.4. The number of pyridine rings is 1. The molecule has 6 nitrogen and oxygen atoms in total. The zero-order chi connectivity index (χ0) is 21.4. The molecular formula is C22H18FN3O3S. The largest absolute Gasteiger partial charge is 0.503 e. The molecule has 1 aliphatic heterocycles. The Balaban J connectivity index is 1.81. The predicted octanol–water partition coefficient (Wildman–Crippen LogP) is 4.07. The van der Waals surface area contributed by atoms with E-state index in [0.29, 0.717) is 26.8 Å². The summed E-state index contributed by atoms with van der Waals surface area (Å²) in [6.07, 6.45) is 1.60. The molecule has 1 amide bonds. The minimum atomic E-state index is -0.866. The van der Waals surface area contributed by atoms with Crippen molar-refractivity contribution in [3.63, 3.8) is 0 Å². The molecule has 4 rings (SSSR count). The second-order valence-corrected chi connectivity index (χ2v) is 8.15. The molecule has 1 N–H and O–H groups in total. The van der Waals surface area contributed by atoms with Crippen molar-refractivity contribution in [2.45, 2.75) is 26.4 Å². The molecule has 0 aliphatic carbocycles. The molecule has 3 heterocycles. The van der Waals surface area contributed by atoms with Gasteiger partial charge in [-0.15, -0.1) is 11.3 Å². The van der Waals surface area contributed by atoms with Crippen LogP contribution in [0.2, 0.25) is 0 Å². The van der Waals surface area contributed by atoms with Crippen LogP contribution in [0.25, 0.3) is 0 Å². The number of aliphatic hydroxyl groups excluding tert-OH is 1.